The molecule has 0 bridgehead atoms. The first kappa shape index (κ1) is 8.49. The van der Waals surface area contributed by atoms with Gasteiger partial charge in [0.25, 0.3) is 0 Å². The van der Waals surface area contributed by atoms with Crippen molar-refractivity contribution in [1.82, 2.24) is 5.48 Å². The van der Waals surface area contributed by atoms with E-state index >= 15 is 0 Å². The minimum absolute atomic E-state index is 0.409. The summed E-state index contributed by atoms with van der Waals surface area (Å²) in [5, 5.41) is 17.6. The van der Waals surface area contributed by atoms with Gasteiger partial charge in [-0.15, -0.1) is 0 Å². The number of amides is 1. The fourth-order valence-electron chi connectivity index (χ4n) is 1.50. The first-order valence-electron chi connectivity index (χ1n) is 3.87. The van der Waals surface area contributed by atoms with Crippen LogP contribution in [0.1, 0.15) is 25.7 Å². The van der Waals surface area contributed by atoms with Crippen LogP contribution in [0.2, 0.25) is 0 Å². The quantitative estimate of drug-likeness (QED) is 0.374. The van der Waals surface area contributed by atoms with Crippen molar-refractivity contribution in [1.29, 1.82) is 0 Å². The Kier molecular flexibility index (Phi) is 2.84. The highest BCUT2D eigenvalue weighted by atomic mass is 16.5. The molecule has 1 aliphatic carbocycles. The summed E-state index contributed by atoms with van der Waals surface area (Å²) in [5.41, 5.74) is 1.57. The third-order valence-corrected chi connectivity index (χ3v) is 2.18. The lowest BCUT2D eigenvalue weighted by Crippen LogP contribution is -2.37. The number of carbonyl (C=O) groups excluding carboxylic acids is 1. The van der Waals surface area contributed by atoms with Crippen LogP contribution in [0.5, 0.6) is 0 Å². The van der Waals surface area contributed by atoms with Gasteiger partial charge in [0.2, 0.25) is 5.91 Å². The number of rotatable bonds is 1. The molecule has 0 aromatic rings. The highest BCUT2D eigenvalue weighted by Crippen LogP contribution is 2.23. The third-order valence-electron chi connectivity index (χ3n) is 2.18. The van der Waals surface area contributed by atoms with Crippen LogP contribution in [-0.2, 0) is 4.79 Å². The predicted molar refractivity (Wildman–Crippen MR) is 37.9 cm³/mol. The average Bonchev–Trinajstić information content (AvgIpc) is 2.04. The highest BCUT2D eigenvalue weighted by molar-refractivity contribution is 5.78. The van der Waals surface area contributed by atoms with Gasteiger partial charge in [0.05, 0.1) is 12.0 Å². The van der Waals surface area contributed by atoms with Crippen LogP contribution in [0.15, 0.2) is 0 Å². The molecule has 0 aliphatic heterocycles. The van der Waals surface area contributed by atoms with Crippen molar-refractivity contribution < 1.29 is 15.1 Å². The lowest BCUT2D eigenvalue weighted by atomic mass is 9.86. The lowest BCUT2D eigenvalue weighted by Gasteiger charge is -2.25. The van der Waals surface area contributed by atoms with Crippen LogP contribution in [0.3, 0.4) is 0 Å². The topological polar surface area (TPSA) is 69.6 Å². The van der Waals surface area contributed by atoms with Crippen molar-refractivity contribution in [2.75, 3.05) is 0 Å². The Morgan fingerprint density at radius 1 is 1.36 bits per heavy atom. The molecule has 1 fully saturated rings. The maximum Gasteiger partial charge on any atom is 0.249 e. The summed E-state index contributed by atoms with van der Waals surface area (Å²) in [6, 6.07) is 0. The largest absolute Gasteiger partial charge is 0.392 e. The van der Waals surface area contributed by atoms with Gasteiger partial charge in [0.15, 0.2) is 0 Å². The molecule has 64 valence electrons. The van der Waals surface area contributed by atoms with Crippen molar-refractivity contribution in [3.05, 3.63) is 0 Å². The minimum Gasteiger partial charge on any atom is -0.392 e. The van der Waals surface area contributed by atoms with Crippen molar-refractivity contribution in [2.24, 2.45) is 5.92 Å². The number of aliphatic hydroxyl groups is 1. The summed E-state index contributed by atoms with van der Waals surface area (Å²) in [6.07, 6.45) is 2.69. The van der Waals surface area contributed by atoms with E-state index in [0.717, 1.165) is 12.8 Å². The maximum atomic E-state index is 10.9. The van der Waals surface area contributed by atoms with Crippen LogP contribution < -0.4 is 5.48 Å². The zero-order valence-corrected chi connectivity index (χ0v) is 6.29. The van der Waals surface area contributed by atoms with Gasteiger partial charge in [0.1, 0.15) is 0 Å². The first-order valence-corrected chi connectivity index (χ1v) is 3.87. The second-order valence-corrected chi connectivity index (χ2v) is 2.93. The summed E-state index contributed by atoms with van der Waals surface area (Å²) in [7, 11) is 0. The molecule has 3 N–H and O–H groups in total. The average molecular weight is 159 g/mol. The Morgan fingerprint density at radius 2 is 2.00 bits per heavy atom. The Balaban J connectivity index is 2.47. The number of hydroxylamine groups is 1. The first-order chi connectivity index (χ1) is 5.25. The molecule has 0 aromatic heterocycles. The summed E-state index contributed by atoms with van der Waals surface area (Å²) in [4.78, 5) is 10.9. The van der Waals surface area contributed by atoms with E-state index in [0.29, 0.717) is 12.8 Å². The van der Waals surface area contributed by atoms with Gasteiger partial charge in [-0.05, 0) is 12.8 Å². The molecule has 1 saturated carbocycles. The monoisotopic (exact) mass is 159 g/mol. The molecular weight excluding hydrogens is 146 g/mol. The van der Waals surface area contributed by atoms with Crippen molar-refractivity contribution in [3.63, 3.8) is 0 Å². The number of carbonyl (C=O) groups is 1. The Hall–Kier alpha value is -0.610. The molecule has 1 aliphatic rings. The molecule has 0 spiro atoms. The lowest BCUT2D eigenvalue weighted by molar-refractivity contribution is -0.138. The number of hydrogen-bond acceptors (Lipinski definition) is 3. The highest BCUT2D eigenvalue weighted by Gasteiger charge is 2.28. The van der Waals surface area contributed by atoms with Gasteiger partial charge < -0.3 is 5.11 Å². The summed E-state index contributed by atoms with van der Waals surface area (Å²) in [6.45, 7) is 0. The molecule has 0 unspecified atom stereocenters. The number of nitrogens with one attached hydrogen (secondary N) is 1. The molecule has 2 atom stereocenters. The van der Waals surface area contributed by atoms with E-state index in [2.05, 4.69) is 0 Å². The van der Waals surface area contributed by atoms with Gasteiger partial charge in [-0.3, -0.25) is 10.0 Å². The van der Waals surface area contributed by atoms with Gasteiger partial charge >= 0.3 is 0 Å². The molecule has 0 aromatic carbocycles. The van der Waals surface area contributed by atoms with Crippen LogP contribution in [-0.4, -0.2) is 22.3 Å². The van der Waals surface area contributed by atoms with E-state index in [-0.39, 0.29) is 0 Å². The van der Waals surface area contributed by atoms with Crippen LogP contribution >= 0.6 is 0 Å². The van der Waals surface area contributed by atoms with E-state index < -0.39 is 17.9 Å². The molecule has 0 heterocycles. The molecule has 1 amide bonds. The zero-order chi connectivity index (χ0) is 8.27. The number of hydrogen-bond donors (Lipinski definition) is 3. The van der Waals surface area contributed by atoms with Gasteiger partial charge in [-0.1, -0.05) is 12.8 Å². The number of aliphatic hydroxyl groups excluding tert-OH is 1. The Labute approximate surface area is 65.2 Å². The summed E-state index contributed by atoms with van der Waals surface area (Å²) in [5.74, 6) is -0.869. The summed E-state index contributed by atoms with van der Waals surface area (Å²) < 4.78 is 0. The second kappa shape index (κ2) is 3.69. The maximum absolute atomic E-state index is 10.9. The standard InChI is InChI=1S/C7H13NO3/c9-6-4-2-1-3-5(6)7(10)8-11/h5-6,9,11H,1-4H2,(H,8,10)/t5-,6+/m0/s1. The fourth-order valence-corrected chi connectivity index (χ4v) is 1.50. The predicted octanol–water partition coefficient (Wildman–Crippen LogP) is 0.0429. The molecule has 4 heteroatoms. The Bertz CT molecular complexity index is 149. The minimum atomic E-state index is -0.573. The van der Waals surface area contributed by atoms with E-state index in [1.807, 2.05) is 0 Å². The van der Waals surface area contributed by atoms with E-state index in [9.17, 15) is 9.90 Å². The zero-order valence-electron chi connectivity index (χ0n) is 6.29. The molecule has 0 radical (unpaired) electrons. The van der Waals surface area contributed by atoms with Crippen LogP contribution in [0, 0.1) is 5.92 Å². The van der Waals surface area contributed by atoms with E-state index in [1.54, 1.807) is 5.48 Å². The second-order valence-electron chi connectivity index (χ2n) is 2.93. The van der Waals surface area contributed by atoms with Crippen LogP contribution in [0.25, 0.3) is 0 Å². The molecular formula is C7H13NO3. The summed E-state index contributed by atoms with van der Waals surface area (Å²) >= 11 is 0. The fraction of sp³-hybridized carbons (Fsp3) is 0.857. The normalized spacial score (nSPS) is 31.5. The molecule has 11 heavy (non-hydrogen) atoms. The van der Waals surface area contributed by atoms with Gasteiger partial charge in [-0.2, -0.15) is 0 Å². The SMILES string of the molecule is O=C(NO)[C@H]1CCCC[C@H]1O. The van der Waals surface area contributed by atoms with E-state index in [4.69, 9.17) is 5.21 Å². The van der Waals surface area contributed by atoms with Crippen molar-refractivity contribution >= 4 is 5.91 Å². The van der Waals surface area contributed by atoms with E-state index in [1.165, 1.54) is 0 Å². The van der Waals surface area contributed by atoms with Crippen molar-refractivity contribution in [2.45, 2.75) is 31.8 Å². The van der Waals surface area contributed by atoms with Crippen LogP contribution in [0.4, 0.5) is 0 Å². The smallest absolute Gasteiger partial charge is 0.249 e. The molecule has 4 nitrogen and oxygen atoms in total. The third kappa shape index (κ3) is 1.91. The van der Waals surface area contributed by atoms with Crippen molar-refractivity contribution in [3.8, 4) is 0 Å². The molecule has 1 rings (SSSR count). The Morgan fingerprint density at radius 3 is 2.55 bits per heavy atom. The molecule has 0 saturated heterocycles. The van der Waals surface area contributed by atoms with Gasteiger partial charge in [-0.25, -0.2) is 5.48 Å². The van der Waals surface area contributed by atoms with Gasteiger partial charge in [0, 0.05) is 0 Å².